The molecule has 0 aliphatic carbocycles. The smallest absolute Gasteiger partial charge is 0.240 e. The highest BCUT2D eigenvalue weighted by Gasteiger charge is 2.49. The number of benzene rings is 2. The van der Waals surface area contributed by atoms with Crippen molar-refractivity contribution in [2.24, 2.45) is 5.41 Å². The Bertz CT molecular complexity index is 782. The number of ether oxygens (including phenoxy) is 1. The average molecular weight is 323 g/mol. The van der Waals surface area contributed by atoms with Gasteiger partial charge in [0.05, 0.1) is 12.8 Å². The second-order valence-electron chi connectivity index (χ2n) is 6.41. The summed E-state index contributed by atoms with van der Waals surface area (Å²) in [6.45, 7) is 4.22. The molecule has 0 aromatic heterocycles. The molecule has 24 heavy (non-hydrogen) atoms. The number of para-hydroxylation sites is 2. The molecule has 124 valence electrons. The van der Waals surface area contributed by atoms with E-state index in [0.29, 0.717) is 30.0 Å². The summed E-state index contributed by atoms with van der Waals surface area (Å²) in [7, 11) is 1.58. The van der Waals surface area contributed by atoms with Crippen LogP contribution in [-0.2, 0) is 4.79 Å². The quantitative estimate of drug-likeness (QED) is 0.637. The lowest BCUT2D eigenvalue weighted by Gasteiger charge is -2.23. The van der Waals surface area contributed by atoms with Gasteiger partial charge in [-0.2, -0.15) is 0 Å². The fraction of sp³-hybridized carbons (Fsp3) is 0.300. The van der Waals surface area contributed by atoms with Crippen molar-refractivity contribution in [1.29, 1.82) is 0 Å². The number of carbonyl (C=O) groups excluding carboxylic acids is 2. The van der Waals surface area contributed by atoms with Gasteiger partial charge in [0.25, 0.3) is 0 Å². The number of methoxy groups -OCH3 is 1. The van der Waals surface area contributed by atoms with Crippen LogP contribution in [-0.4, -0.2) is 25.3 Å². The molecule has 1 aliphatic rings. The van der Waals surface area contributed by atoms with Crippen molar-refractivity contribution in [2.45, 2.75) is 20.3 Å². The Balaban J connectivity index is 1.92. The van der Waals surface area contributed by atoms with Crippen LogP contribution in [0.4, 0.5) is 5.69 Å². The van der Waals surface area contributed by atoms with E-state index in [4.69, 9.17) is 4.74 Å². The van der Waals surface area contributed by atoms with E-state index in [1.165, 1.54) is 0 Å². The van der Waals surface area contributed by atoms with Crippen LogP contribution < -0.4 is 9.64 Å². The number of nitrogens with zero attached hydrogens (tertiary/aromatic N) is 1. The lowest BCUT2D eigenvalue weighted by atomic mass is 9.80. The SMILES string of the molecule is COc1ccccc1N1CCC(C)(C(=O)c2ccc(C)cc2)C1=O. The average Bonchev–Trinajstić information content (AvgIpc) is 2.91. The van der Waals surface area contributed by atoms with Crippen molar-refractivity contribution in [3.05, 3.63) is 59.7 Å². The van der Waals surface area contributed by atoms with Gasteiger partial charge in [0.15, 0.2) is 5.78 Å². The van der Waals surface area contributed by atoms with Gasteiger partial charge in [0.1, 0.15) is 11.2 Å². The maximum Gasteiger partial charge on any atom is 0.240 e. The molecule has 2 aromatic carbocycles. The Morgan fingerprint density at radius 1 is 1.12 bits per heavy atom. The molecule has 1 fully saturated rings. The first kappa shape index (κ1) is 16.2. The molecule has 4 heteroatoms. The van der Waals surface area contributed by atoms with Crippen LogP contribution in [0.5, 0.6) is 5.75 Å². The fourth-order valence-corrected chi connectivity index (χ4v) is 3.16. The van der Waals surface area contributed by atoms with E-state index in [1.807, 2.05) is 43.3 Å². The van der Waals surface area contributed by atoms with Crippen molar-refractivity contribution in [2.75, 3.05) is 18.6 Å². The normalized spacial score (nSPS) is 20.3. The molecular formula is C20H21NO3. The summed E-state index contributed by atoms with van der Waals surface area (Å²) in [4.78, 5) is 27.6. The molecule has 3 rings (SSSR count). The number of rotatable bonds is 4. The zero-order valence-electron chi connectivity index (χ0n) is 14.2. The Kier molecular flexibility index (Phi) is 4.14. The highest BCUT2D eigenvalue weighted by atomic mass is 16.5. The lowest BCUT2D eigenvalue weighted by molar-refractivity contribution is -0.122. The summed E-state index contributed by atoms with van der Waals surface area (Å²) in [5, 5.41) is 0. The number of anilines is 1. The van der Waals surface area contributed by atoms with Crippen LogP contribution in [0.2, 0.25) is 0 Å². The molecule has 0 radical (unpaired) electrons. The minimum absolute atomic E-state index is 0.120. The molecule has 0 saturated carbocycles. The predicted octanol–water partition coefficient (Wildman–Crippen LogP) is 3.63. The Morgan fingerprint density at radius 3 is 2.46 bits per heavy atom. The molecule has 0 bridgehead atoms. The molecule has 1 unspecified atom stereocenters. The second-order valence-corrected chi connectivity index (χ2v) is 6.41. The van der Waals surface area contributed by atoms with Crippen LogP contribution >= 0.6 is 0 Å². The molecule has 1 amide bonds. The molecule has 0 spiro atoms. The Hall–Kier alpha value is -2.62. The molecule has 1 aliphatic heterocycles. The van der Waals surface area contributed by atoms with Crippen LogP contribution in [0.3, 0.4) is 0 Å². The van der Waals surface area contributed by atoms with E-state index in [-0.39, 0.29) is 11.7 Å². The summed E-state index contributed by atoms with van der Waals surface area (Å²) >= 11 is 0. The Morgan fingerprint density at radius 2 is 1.79 bits per heavy atom. The van der Waals surface area contributed by atoms with Crippen LogP contribution in [0.1, 0.15) is 29.3 Å². The topological polar surface area (TPSA) is 46.6 Å². The molecular weight excluding hydrogens is 302 g/mol. The standard InChI is InChI=1S/C20H21NO3/c1-14-8-10-15(11-9-14)18(22)20(2)12-13-21(19(20)23)16-6-4-5-7-17(16)24-3/h4-11H,12-13H2,1-3H3. The van der Waals surface area contributed by atoms with E-state index in [0.717, 1.165) is 5.56 Å². The van der Waals surface area contributed by atoms with Gasteiger partial charge in [-0.05, 0) is 32.4 Å². The number of hydrogen-bond donors (Lipinski definition) is 0. The summed E-state index contributed by atoms with van der Waals surface area (Å²) in [5.74, 6) is 0.348. The third-order valence-electron chi connectivity index (χ3n) is 4.74. The monoisotopic (exact) mass is 323 g/mol. The molecule has 1 heterocycles. The zero-order valence-corrected chi connectivity index (χ0v) is 14.2. The van der Waals surface area contributed by atoms with Gasteiger partial charge in [-0.3, -0.25) is 9.59 Å². The summed E-state index contributed by atoms with van der Waals surface area (Å²) in [6, 6.07) is 14.8. The van der Waals surface area contributed by atoms with Crippen LogP contribution in [0, 0.1) is 12.3 Å². The summed E-state index contributed by atoms with van der Waals surface area (Å²) in [6.07, 6.45) is 0.497. The van der Waals surface area contributed by atoms with E-state index < -0.39 is 5.41 Å². The van der Waals surface area contributed by atoms with Gasteiger partial charge in [0, 0.05) is 12.1 Å². The maximum atomic E-state index is 13.0. The first-order valence-electron chi connectivity index (χ1n) is 8.04. The number of ketones is 1. The number of aryl methyl sites for hydroxylation is 1. The largest absolute Gasteiger partial charge is 0.495 e. The molecule has 2 aromatic rings. The lowest BCUT2D eigenvalue weighted by Crippen LogP contribution is -2.38. The zero-order chi connectivity index (χ0) is 17.3. The summed E-state index contributed by atoms with van der Waals surface area (Å²) < 4.78 is 5.35. The molecule has 0 N–H and O–H groups in total. The van der Waals surface area contributed by atoms with E-state index in [1.54, 1.807) is 31.1 Å². The number of carbonyl (C=O) groups is 2. The minimum Gasteiger partial charge on any atom is -0.495 e. The molecule has 1 saturated heterocycles. The fourth-order valence-electron chi connectivity index (χ4n) is 3.16. The first-order chi connectivity index (χ1) is 11.5. The van der Waals surface area contributed by atoms with Gasteiger partial charge in [-0.1, -0.05) is 42.0 Å². The molecule has 4 nitrogen and oxygen atoms in total. The highest BCUT2D eigenvalue weighted by molar-refractivity contribution is 6.19. The third kappa shape index (κ3) is 2.58. The maximum absolute atomic E-state index is 13.0. The first-order valence-corrected chi connectivity index (χ1v) is 8.04. The van der Waals surface area contributed by atoms with Crippen molar-refractivity contribution in [3.63, 3.8) is 0 Å². The van der Waals surface area contributed by atoms with Gasteiger partial charge in [-0.15, -0.1) is 0 Å². The van der Waals surface area contributed by atoms with Gasteiger partial charge in [0.2, 0.25) is 5.91 Å². The third-order valence-corrected chi connectivity index (χ3v) is 4.74. The van der Waals surface area contributed by atoms with E-state index in [2.05, 4.69) is 0 Å². The number of amides is 1. The van der Waals surface area contributed by atoms with Crippen LogP contribution in [0.25, 0.3) is 0 Å². The minimum atomic E-state index is -1.03. The molecule has 1 atom stereocenters. The van der Waals surface area contributed by atoms with Crippen LogP contribution in [0.15, 0.2) is 48.5 Å². The van der Waals surface area contributed by atoms with Gasteiger partial charge >= 0.3 is 0 Å². The number of hydrogen-bond acceptors (Lipinski definition) is 3. The van der Waals surface area contributed by atoms with E-state index in [9.17, 15) is 9.59 Å². The Labute approximate surface area is 142 Å². The van der Waals surface area contributed by atoms with E-state index >= 15 is 0 Å². The second kappa shape index (κ2) is 6.11. The van der Waals surface area contributed by atoms with Gasteiger partial charge in [-0.25, -0.2) is 0 Å². The van der Waals surface area contributed by atoms with Crippen molar-refractivity contribution < 1.29 is 14.3 Å². The van der Waals surface area contributed by atoms with Gasteiger partial charge < -0.3 is 9.64 Å². The van der Waals surface area contributed by atoms with Crippen molar-refractivity contribution >= 4 is 17.4 Å². The number of Topliss-reactive ketones (excluding diaryl/α,β-unsaturated/α-hetero) is 1. The highest BCUT2D eigenvalue weighted by Crippen LogP contribution is 2.40. The predicted molar refractivity (Wildman–Crippen MR) is 93.6 cm³/mol. The van der Waals surface area contributed by atoms with Crippen molar-refractivity contribution in [3.8, 4) is 5.75 Å². The van der Waals surface area contributed by atoms with Crippen molar-refractivity contribution in [1.82, 2.24) is 0 Å². The summed E-state index contributed by atoms with van der Waals surface area (Å²) in [5.41, 5.74) is 1.35.